The number of hydrogen-bond donors (Lipinski definition) is 1. The number of nitrogens with zero attached hydrogens (tertiary/aromatic N) is 1. The molecule has 1 N–H and O–H groups in total. The SMILES string of the molecule is CC(=O)CNCc1cccc(OCCc2nc(-c3ccccc3)oc2C)c1. The van der Waals surface area contributed by atoms with E-state index in [0.29, 0.717) is 32.0 Å². The molecule has 1 heterocycles. The third kappa shape index (κ3) is 5.53. The van der Waals surface area contributed by atoms with Gasteiger partial charge in [0.2, 0.25) is 5.89 Å². The van der Waals surface area contributed by atoms with Crippen LogP contribution in [0.4, 0.5) is 0 Å². The Morgan fingerprint density at radius 3 is 2.74 bits per heavy atom. The van der Waals surface area contributed by atoms with Gasteiger partial charge < -0.3 is 14.5 Å². The maximum absolute atomic E-state index is 11.0. The summed E-state index contributed by atoms with van der Waals surface area (Å²) in [6.45, 7) is 5.03. The van der Waals surface area contributed by atoms with Gasteiger partial charge in [-0.1, -0.05) is 30.3 Å². The van der Waals surface area contributed by atoms with Crippen LogP contribution in [0.3, 0.4) is 0 Å². The van der Waals surface area contributed by atoms with Gasteiger partial charge in [-0.15, -0.1) is 0 Å². The second kappa shape index (κ2) is 9.14. The van der Waals surface area contributed by atoms with Crippen molar-refractivity contribution in [2.45, 2.75) is 26.8 Å². The van der Waals surface area contributed by atoms with E-state index in [2.05, 4.69) is 10.3 Å². The van der Waals surface area contributed by atoms with E-state index in [1.54, 1.807) is 6.92 Å². The summed E-state index contributed by atoms with van der Waals surface area (Å²) >= 11 is 0. The molecule has 0 saturated carbocycles. The molecule has 1 aromatic heterocycles. The molecule has 140 valence electrons. The summed E-state index contributed by atoms with van der Waals surface area (Å²) in [7, 11) is 0. The fraction of sp³-hybridized carbons (Fsp3) is 0.273. The van der Waals surface area contributed by atoms with Gasteiger partial charge in [-0.2, -0.15) is 0 Å². The summed E-state index contributed by atoms with van der Waals surface area (Å²) in [4.78, 5) is 15.6. The lowest BCUT2D eigenvalue weighted by Gasteiger charge is -2.08. The van der Waals surface area contributed by atoms with E-state index in [1.807, 2.05) is 61.5 Å². The third-order valence-electron chi connectivity index (χ3n) is 4.12. The van der Waals surface area contributed by atoms with E-state index in [0.717, 1.165) is 28.3 Å². The average Bonchev–Trinajstić information content (AvgIpc) is 3.03. The number of ketones is 1. The normalized spacial score (nSPS) is 10.7. The number of carbonyl (C=O) groups excluding carboxylic acids is 1. The van der Waals surface area contributed by atoms with Crippen LogP contribution in [0.1, 0.15) is 23.9 Å². The molecule has 0 saturated heterocycles. The van der Waals surface area contributed by atoms with Crippen LogP contribution in [0.2, 0.25) is 0 Å². The molecule has 5 heteroatoms. The molecule has 0 unspecified atom stereocenters. The number of aryl methyl sites for hydroxylation is 1. The summed E-state index contributed by atoms with van der Waals surface area (Å²) in [5.41, 5.74) is 2.96. The molecule has 5 nitrogen and oxygen atoms in total. The lowest BCUT2D eigenvalue weighted by molar-refractivity contribution is -0.116. The second-order valence-electron chi connectivity index (χ2n) is 6.44. The Morgan fingerprint density at radius 2 is 1.96 bits per heavy atom. The minimum Gasteiger partial charge on any atom is -0.493 e. The van der Waals surface area contributed by atoms with Crippen molar-refractivity contribution in [2.75, 3.05) is 13.2 Å². The van der Waals surface area contributed by atoms with Crippen LogP contribution in [0.15, 0.2) is 59.0 Å². The van der Waals surface area contributed by atoms with Crippen LogP contribution in [0, 0.1) is 6.92 Å². The van der Waals surface area contributed by atoms with Crippen molar-refractivity contribution >= 4 is 5.78 Å². The first kappa shape index (κ1) is 18.9. The number of benzene rings is 2. The van der Waals surface area contributed by atoms with Gasteiger partial charge in [0.15, 0.2) is 0 Å². The first-order chi connectivity index (χ1) is 13.1. The Morgan fingerprint density at radius 1 is 1.15 bits per heavy atom. The van der Waals surface area contributed by atoms with Gasteiger partial charge in [0.05, 0.1) is 18.8 Å². The molecule has 0 atom stereocenters. The van der Waals surface area contributed by atoms with Gasteiger partial charge in [-0.05, 0) is 43.7 Å². The van der Waals surface area contributed by atoms with Gasteiger partial charge >= 0.3 is 0 Å². The minimum absolute atomic E-state index is 0.125. The maximum atomic E-state index is 11.0. The van der Waals surface area contributed by atoms with E-state index in [-0.39, 0.29) is 5.78 Å². The molecule has 27 heavy (non-hydrogen) atoms. The standard InChI is InChI=1S/C22H24N2O3/c1-16(25)14-23-15-18-7-6-10-20(13-18)26-12-11-21-17(2)27-22(24-21)19-8-4-3-5-9-19/h3-10,13,23H,11-12,14-15H2,1-2H3. The minimum atomic E-state index is 0.125. The van der Waals surface area contributed by atoms with Crippen LogP contribution >= 0.6 is 0 Å². The number of nitrogens with one attached hydrogen (secondary N) is 1. The van der Waals surface area contributed by atoms with E-state index < -0.39 is 0 Å². The van der Waals surface area contributed by atoms with Crippen molar-refractivity contribution in [2.24, 2.45) is 0 Å². The number of hydrogen-bond acceptors (Lipinski definition) is 5. The highest BCUT2D eigenvalue weighted by Gasteiger charge is 2.11. The Labute approximate surface area is 159 Å². The molecule has 0 aliphatic rings. The topological polar surface area (TPSA) is 64.4 Å². The van der Waals surface area contributed by atoms with Gasteiger partial charge in [0, 0.05) is 18.5 Å². The van der Waals surface area contributed by atoms with Gasteiger partial charge in [-0.25, -0.2) is 4.98 Å². The largest absolute Gasteiger partial charge is 0.493 e. The number of carbonyl (C=O) groups is 1. The zero-order valence-corrected chi connectivity index (χ0v) is 15.7. The number of oxazole rings is 1. The zero-order valence-electron chi connectivity index (χ0n) is 15.7. The van der Waals surface area contributed by atoms with E-state index in [1.165, 1.54) is 0 Å². The number of aromatic nitrogens is 1. The highest BCUT2D eigenvalue weighted by molar-refractivity contribution is 5.77. The fourth-order valence-corrected chi connectivity index (χ4v) is 2.76. The second-order valence-corrected chi connectivity index (χ2v) is 6.44. The van der Waals surface area contributed by atoms with Crippen LogP contribution < -0.4 is 10.1 Å². The molecule has 3 aromatic rings. The predicted octanol–water partition coefficient (Wildman–Crippen LogP) is 3.95. The Hall–Kier alpha value is -2.92. The Bertz CT molecular complexity index is 888. The molecule has 0 radical (unpaired) electrons. The van der Waals surface area contributed by atoms with Crippen molar-refractivity contribution < 1.29 is 13.9 Å². The van der Waals surface area contributed by atoms with Crippen molar-refractivity contribution in [1.29, 1.82) is 0 Å². The monoisotopic (exact) mass is 364 g/mol. The molecule has 3 rings (SSSR count). The molecule has 0 aliphatic carbocycles. The quantitative estimate of drug-likeness (QED) is 0.623. The summed E-state index contributed by atoms with van der Waals surface area (Å²) in [6, 6.07) is 17.7. The predicted molar refractivity (Wildman–Crippen MR) is 105 cm³/mol. The molecular weight excluding hydrogens is 340 g/mol. The molecule has 0 spiro atoms. The van der Waals surface area contributed by atoms with Gasteiger partial charge in [-0.3, -0.25) is 4.79 Å². The van der Waals surface area contributed by atoms with E-state index >= 15 is 0 Å². The fourth-order valence-electron chi connectivity index (χ4n) is 2.76. The summed E-state index contributed by atoms with van der Waals surface area (Å²) < 4.78 is 11.7. The van der Waals surface area contributed by atoms with Crippen molar-refractivity contribution in [3.63, 3.8) is 0 Å². The lowest BCUT2D eigenvalue weighted by atomic mass is 10.2. The van der Waals surface area contributed by atoms with Gasteiger partial charge in [0.25, 0.3) is 0 Å². The lowest BCUT2D eigenvalue weighted by Crippen LogP contribution is -2.20. The van der Waals surface area contributed by atoms with Crippen molar-refractivity contribution in [1.82, 2.24) is 10.3 Å². The van der Waals surface area contributed by atoms with E-state index in [4.69, 9.17) is 9.15 Å². The summed E-state index contributed by atoms with van der Waals surface area (Å²) in [6.07, 6.45) is 0.676. The zero-order chi connectivity index (χ0) is 19.1. The molecule has 0 amide bonds. The molecular formula is C22H24N2O3. The third-order valence-corrected chi connectivity index (χ3v) is 4.12. The molecule has 0 aliphatic heterocycles. The smallest absolute Gasteiger partial charge is 0.226 e. The Balaban J connectivity index is 1.54. The number of ether oxygens (including phenoxy) is 1. The molecule has 2 aromatic carbocycles. The van der Waals surface area contributed by atoms with Crippen LogP contribution in [0.25, 0.3) is 11.5 Å². The summed E-state index contributed by atoms with van der Waals surface area (Å²) in [5.74, 6) is 2.39. The average molecular weight is 364 g/mol. The highest BCUT2D eigenvalue weighted by Crippen LogP contribution is 2.22. The molecule has 0 fully saturated rings. The summed E-state index contributed by atoms with van der Waals surface area (Å²) in [5, 5.41) is 3.11. The van der Waals surface area contributed by atoms with Crippen LogP contribution in [-0.4, -0.2) is 23.9 Å². The first-order valence-corrected chi connectivity index (χ1v) is 9.05. The number of rotatable bonds is 9. The highest BCUT2D eigenvalue weighted by atomic mass is 16.5. The first-order valence-electron chi connectivity index (χ1n) is 9.05. The van der Waals surface area contributed by atoms with Crippen LogP contribution in [0.5, 0.6) is 5.75 Å². The van der Waals surface area contributed by atoms with Crippen molar-refractivity contribution in [3.05, 3.63) is 71.6 Å². The van der Waals surface area contributed by atoms with E-state index in [9.17, 15) is 4.79 Å². The van der Waals surface area contributed by atoms with Gasteiger partial charge in [0.1, 0.15) is 17.3 Å². The van der Waals surface area contributed by atoms with Crippen LogP contribution in [-0.2, 0) is 17.8 Å². The number of Topliss-reactive ketones (excluding diaryl/α,β-unsaturated/α-hetero) is 1. The maximum Gasteiger partial charge on any atom is 0.226 e. The van der Waals surface area contributed by atoms with Crippen molar-refractivity contribution in [3.8, 4) is 17.2 Å². The molecule has 0 bridgehead atoms. The Kier molecular flexibility index (Phi) is 6.39.